The highest BCUT2D eigenvalue weighted by Crippen LogP contribution is 2.31. The number of ether oxygens (including phenoxy) is 1. The van der Waals surface area contributed by atoms with E-state index in [2.05, 4.69) is 5.32 Å². The molecule has 1 rings (SSSR count). The molecule has 0 aliphatic rings. The third-order valence-electron chi connectivity index (χ3n) is 2.52. The number of alkyl halides is 3. The number of anilines is 1. The van der Waals surface area contributed by atoms with Gasteiger partial charge in [-0.3, -0.25) is 0 Å². The Hall–Kier alpha value is -1.23. The molecule has 0 radical (unpaired) electrons. The fourth-order valence-electron chi connectivity index (χ4n) is 1.53. The predicted octanol–water partition coefficient (Wildman–Crippen LogP) is 4.24. The highest BCUT2D eigenvalue weighted by Gasteiger charge is 2.30. The van der Waals surface area contributed by atoms with Crippen LogP contribution in [0.25, 0.3) is 0 Å². The van der Waals surface area contributed by atoms with Crippen molar-refractivity contribution in [2.75, 3.05) is 18.5 Å². The average molecular weight is 275 g/mol. The van der Waals surface area contributed by atoms with Crippen LogP contribution in [0.1, 0.15) is 31.9 Å². The lowest BCUT2D eigenvalue weighted by atomic mass is 10.1. The molecule has 0 aromatic heterocycles. The molecule has 0 saturated heterocycles. The van der Waals surface area contributed by atoms with Gasteiger partial charge in [0.05, 0.1) is 17.8 Å². The maximum absolute atomic E-state index is 12.6. The highest BCUT2D eigenvalue weighted by atomic mass is 19.4. The topological polar surface area (TPSA) is 21.3 Å². The quantitative estimate of drug-likeness (QED) is 0.830. The van der Waals surface area contributed by atoms with Crippen LogP contribution < -0.4 is 5.32 Å². The molecular formula is C14H20F3NO. The van der Waals surface area contributed by atoms with Crippen molar-refractivity contribution in [2.45, 2.75) is 39.5 Å². The standard InChI is InChI=1S/C14H20F3NO/c1-10-5-6-11(14(15,16)17)9-12(10)18-7-8-19-13(2,3)4/h5-6,9,18H,7-8H2,1-4H3. The molecule has 0 heterocycles. The smallest absolute Gasteiger partial charge is 0.383 e. The lowest BCUT2D eigenvalue weighted by molar-refractivity contribution is -0.137. The molecule has 1 aromatic carbocycles. The summed E-state index contributed by atoms with van der Waals surface area (Å²) < 4.78 is 43.3. The Balaban J connectivity index is 2.63. The number of benzene rings is 1. The normalized spacial score (nSPS) is 12.6. The molecule has 0 aliphatic heterocycles. The minimum Gasteiger partial charge on any atom is -0.383 e. The molecule has 2 nitrogen and oxygen atoms in total. The molecule has 108 valence electrons. The van der Waals surface area contributed by atoms with E-state index in [1.807, 2.05) is 20.8 Å². The summed E-state index contributed by atoms with van der Waals surface area (Å²) in [5.74, 6) is 0. The van der Waals surface area contributed by atoms with Crippen molar-refractivity contribution >= 4 is 5.69 Å². The van der Waals surface area contributed by atoms with Crippen LogP contribution in [0.2, 0.25) is 0 Å². The van der Waals surface area contributed by atoms with Gasteiger partial charge in [-0.15, -0.1) is 0 Å². The second-order valence-electron chi connectivity index (χ2n) is 5.42. The zero-order valence-corrected chi connectivity index (χ0v) is 11.7. The van der Waals surface area contributed by atoms with Crippen LogP contribution in [0.4, 0.5) is 18.9 Å². The van der Waals surface area contributed by atoms with Crippen LogP contribution in [0.5, 0.6) is 0 Å². The van der Waals surface area contributed by atoms with Gasteiger partial charge in [0.1, 0.15) is 0 Å². The van der Waals surface area contributed by atoms with Gasteiger partial charge in [-0.2, -0.15) is 13.2 Å². The van der Waals surface area contributed by atoms with Gasteiger partial charge in [0.2, 0.25) is 0 Å². The van der Waals surface area contributed by atoms with E-state index in [0.717, 1.165) is 17.7 Å². The first-order valence-corrected chi connectivity index (χ1v) is 6.15. The van der Waals surface area contributed by atoms with Crippen LogP contribution in [-0.4, -0.2) is 18.8 Å². The number of nitrogens with one attached hydrogen (secondary N) is 1. The number of aryl methyl sites for hydroxylation is 1. The first kappa shape index (κ1) is 15.8. The predicted molar refractivity (Wildman–Crippen MR) is 70.4 cm³/mol. The summed E-state index contributed by atoms with van der Waals surface area (Å²) in [5.41, 5.74) is 0.387. The Morgan fingerprint density at radius 2 is 1.79 bits per heavy atom. The van der Waals surface area contributed by atoms with Crippen molar-refractivity contribution in [2.24, 2.45) is 0 Å². The lowest BCUT2D eigenvalue weighted by Gasteiger charge is -2.20. The van der Waals surface area contributed by atoms with Crippen molar-refractivity contribution in [1.82, 2.24) is 0 Å². The molecule has 5 heteroatoms. The minimum absolute atomic E-state index is 0.245. The second kappa shape index (κ2) is 5.82. The van der Waals surface area contributed by atoms with E-state index >= 15 is 0 Å². The van der Waals surface area contributed by atoms with Crippen LogP contribution in [0, 0.1) is 6.92 Å². The van der Waals surface area contributed by atoms with Crippen LogP contribution in [0.15, 0.2) is 18.2 Å². The summed E-state index contributed by atoms with van der Waals surface area (Å²) >= 11 is 0. The molecule has 0 bridgehead atoms. The average Bonchev–Trinajstić information content (AvgIpc) is 2.23. The van der Waals surface area contributed by atoms with E-state index in [0.29, 0.717) is 18.8 Å². The molecule has 0 fully saturated rings. The van der Waals surface area contributed by atoms with Gasteiger partial charge >= 0.3 is 6.18 Å². The summed E-state index contributed by atoms with van der Waals surface area (Å²) in [5, 5.41) is 2.97. The zero-order valence-electron chi connectivity index (χ0n) is 11.7. The first-order valence-electron chi connectivity index (χ1n) is 6.15. The van der Waals surface area contributed by atoms with Crippen molar-refractivity contribution in [3.63, 3.8) is 0 Å². The zero-order chi connectivity index (χ0) is 14.7. The molecule has 0 unspecified atom stereocenters. The highest BCUT2D eigenvalue weighted by molar-refractivity contribution is 5.53. The van der Waals surface area contributed by atoms with Crippen molar-refractivity contribution in [3.05, 3.63) is 29.3 Å². The molecular weight excluding hydrogens is 255 g/mol. The Labute approximate surface area is 112 Å². The third kappa shape index (κ3) is 5.51. The van der Waals surface area contributed by atoms with E-state index in [1.54, 1.807) is 6.92 Å². The molecule has 0 amide bonds. The number of rotatable bonds is 4. The van der Waals surface area contributed by atoms with E-state index in [4.69, 9.17) is 4.74 Å². The van der Waals surface area contributed by atoms with Crippen LogP contribution >= 0.6 is 0 Å². The number of hydrogen-bond acceptors (Lipinski definition) is 2. The molecule has 0 aliphatic carbocycles. The molecule has 0 atom stereocenters. The second-order valence-corrected chi connectivity index (χ2v) is 5.42. The Kier molecular flexibility index (Phi) is 4.85. The van der Waals surface area contributed by atoms with Gasteiger partial charge in [0.25, 0.3) is 0 Å². The van der Waals surface area contributed by atoms with Gasteiger partial charge < -0.3 is 10.1 Å². The number of halogens is 3. The first-order chi connectivity index (χ1) is 8.59. The monoisotopic (exact) mass is 275 g/mol. The maximum Gasteiger partial charge on any atom is 0.416 e. The van der Waals surface area contributed by atoms with Gasteiger partial charge in [-0.1, -0.05) is 6.07 Å². The van der Waals surface area contributed by atoms with Gasteiger partial charge in [0, 0.05) is 12.2 Å². The van der Waals surface area contributed by atoms with Crippen molar-refractivity contribution in [1.29, 1.82) is 0 Å². The van der Waals surface area contributed by atoms with Crippen LogP contribution in [0.3, 0.4) is 0 Å². The molecule has 0 saturated carbocycles. The van der Waals surface area contributed by atoms with Crippen LogP contribution in [-0.2, 0) is 10.9 Å². The minimum atomic E-state index is -4.31. The summed E-state index contributed by atoms with van der Waals surface area (Å²) in [7, 11) is 0. The van der Waals surface area contributed by atoms with E-state index in [9.17, 15) is 13.2 Å². The maximum atomic E-state index is 12.6. The molecule has 1 aromatic rings. The molecule has 0 spiro atoms. The van der Waals surface area contributed by atoms with E-state index < -0.39 is 11.7 Å². The summed E-state index contributed by atoms with van der Waals surface area (Å²) in [6.45, 7) is 8.49. The molecule has 1 N–H and O–H groups in total. The van der Waals surface area contributed by atoms with E-state index in [1.165, 1.54) is 6.07 Å². The Morgan fingerprint density at radius 3 is 2.32 bits per heavy atom. The Bertz CT molecular complexity index is 422. The summed E-state index contributed by atoms with van der Waals surface area (Å²) in [6.07, 6.45) is -4.31. The number of hydrogen-bond donors (Lipinski definition) is 1. The van der Waals surface area contributed by atoms with Gasteiger partial charge in [0.15, 0.2) is 0 Å². The third-order valence-corrected chi connectivity index (χ3v) is 2.52. The lowest BCUT2D eigenvalue weighted by Crippen LogP contribution is -2.23. The van der Waals surface area contributed by atoms with Gasteiger partial charge in [-0.25, -0.2) is 0 Å². The fourth-order valence-corrected chi connectivity index (χ4v) is 1.53. The Morgan fingerprint density at radius 1 is 1.16 bits per heavy atom. The van der Waals surface area contributed by atoms with Gasteiger partial charge in [-0.05, 0) is 45.4 Å². The van der Waals surface area contributed by atoms with E-state index in [-0.39, 0.29) is 5.60 Å². The largest absolute Gasteiger partial charge is 0.416 e. The molecule has 19 heavy (non-hydrogen) atoms. The SMILES string of the molecule is Cc1ccc(C(F)(F)F)cc1NCCOC(C)(C)C. The van der Waals surface area contributed by atoms with Crippen molar-refractivity contribution < 1.29 is 17.9 Å². The summed E-state index contributed by atoms with van der Waals surface area (Å²) in [6, 6.07) is 3.69. The fraction of sp³-hybridized carbons (Fsp3) is 0.571. The van der Waals surface area contributed by atoms with Crippen molar-refractivity contribution in [3.8, 4) is 0 Å². The summed E-state index contributed by atoms with van der Waals surface area (Å²) in [4.78, 5) is 0.